The van der Waals surface area contributed by atoms with Gasteiger partial charge in [0.15, 0.2) is 0 Å². The molecule has 98 valence electrons. The van der Waals surface area contributed by atoms with Crippen LogP contribution in [-0.4, -0.2) is 27.5 Å². The Morgan fingerprint density at radius 3 is 2.94 bits per heavy atom. The van der Waals surface area contributed by atoms with Crippen molar-refractivity contribution in [1.29, 1.82) is 0 Å². The van der Waals surface area contributed by atoms with Gasteiger partial charge < -0.3 is 20.1 Å². The Hall–Kier alpha value is -1.36. The molecule has 3 N–H and O–H groups in total. The molecule has 0 unspecified atom stereocenters. The highest BCUT2D eigenvalue weighted by molar-refractivity contribution is 5.42. The van der Waals surface area contributed by atoms with E-state index in [0.29, 0.717) is 13.0 Å². The minimum Gasteiger partial charge on any atom is -0.508 e. The summed E-state index contributed by atoms with van der Waals surface area (Å²) >= 11 is 0. The van der Waals surface area contributed by atoms with Gasteiger partial charge in [0.25, 0.3) is 0 Å². The summed E-state index contributed by atoms with van der Waals surface area (Å²) < 4.78 is 5.55. The molecule has 3 atom stereocenters. The summed E-state index contributed by atoms with van der Waals surface area (Å²) in [5, 5.41) is 29.2. The molecule has 1 heterocycles. The summed E-state index contributed by atoms with van der Waals surface area (Å²) in [6.07, 6.45) is 1.51. The number of rotatable bonds is 4. The molecule has 0 fully saturated rings. The van der Waals surface area contributed by atoms with Crippen molar-refractivity contribution < 1.29 is 20.1 Å². The number of ether oxygens (including phenoxy) is 1. The first-order chi connectivity index (χ1) is 8.63. The monoisotopic (exact) mass is 250 g/mol. The van der Waals surface area contributed by atoms with Gasteiger partial charge in [0, 0.05) is 12.0 Å². The van der Waals surface area contributed by atoms with Crippen LogP contribution < -0.4 is 0 Å². The third kappa shape index (κ3) is 2.56. The van der Waals surface area contributed by atoms with Crippen LogP contribution in [0.3, 0.4) is 0 Å². The maximum absolute atomic E-state index is 9.86. The Morgan fingerprint density at radius 2 is 2.22 bits per heavy atom. The smallest absolute Gasteiger partial charge is 0.121 e. The molecule has 1 aromatic carbocycles. The lowest BCUT2D eigenvalue weighted by Gasteiger charge is -2.19. The highest BCUT2D eigenvalue weighted by Crippen LogP contribution is 2.38. The molecule has 0 bridgehead atoms. The van der Waals surface area contributed by atoms with Crippen LogP contribution in [0.5, 0.6) is 5.75 Å². The first-order valence-electron chi connectivity index (χ1n) is 6.04. The highest BCUT2D eigenvalue weighted by atomic mass is 16.5. The topological polar surface area (TPSA) is 69.9 Å². The van der Waals surface area contributed by atoms with Gasteiger partial charge in [-0.15, -0.1) is 0 Å². The summed E-state index contributed by atoms with van der Waals surface area (Å²) in [6, 6.07) is 5.25. The third-order valence-corrected chi connectivity index (χ3v) is 3.20. The maximum atomic E-state index is 9.86. The molecule has 0 saturated heterocycles. The fourth-order valence-electron chi connectivity index (χ4n) is 2.20. The predicted molar refractivity (Wildman–Crippen MR) is 67.1 cm³/mol. The number of fused-ring (bicyclic) bond motifs is 1. The number of aliphatic hydroxyl groups excluding tert-OH is 2. The second kappa shape index (κ2) is 5.52. The van der Waals surface area contributed by atoms with Crippen LogP contribution in [0.1, 0.15) is 30.6 Å². The third-order valence-electron chi connectivity index (χ3n) is 3.20. The van der Waals surface area contributed by atoms with E-state index in [1.54, 1.807) is 31.2 Å². The summed E-state index contributed by atoms with van der Waals surface area (Å²) in [7, 11) is 0. The number of phenolic OH excluding ortho intramolecular Hbond substituents is 1. The van der Waals surface area contributed by atoms with E-state index in [2.05, 4.69) is 0 Å². The number of aromatic hydroxyl groups is 1. The summed E-state index contributed by atoms with van der Waals surface area (Å²) in [6.45, 7) is 2.13. The van der Waals surface area contributed by atoms with Gasteiger partial charge in [-0.2, -0.15) is 0 Å². The number of aliphatic hydroxyl groups is 2. The molecule has 0 saturated carbocycles. The lowest BCUT2D eigenvalue weighted by Crippen LogP contribution is -2.25. The van der Waals surface area contributed by atoms with Gasteiger partial charge in [0.2, 0.25) is 0 Å². The molecule has 4 nitrogen and oxygen atoms in total. The van der Waals surface area contributed by atoms with E-state index in [-0.39, 0.29) is 11.9 Å². The summed E-state index contributed by atoms with van der Waals surface area (Å²) in [4.78, 5) is 0. The molecular formula is C14H18O4. The normalized spacial score (nSPS) is 22.1. The molecule has 18 heavy (non-hydrogen) atoms. The summed E-state index contributed by atoms with van der Waals surface area (Å²) in [5.41, 5.74) is 1.66. The van der Waals surface area contributed by atoms with Crippen molar-refractivity contribution in [1.82, 2.24) is 0 Å². The van der Waals surface area contributed by atoms with Crippen molar-refractivity contribution in [3.63, 3.8) is 0 Å². The fourth-order valence-corrected chi connectivity index (χ4v) is 2.20. The molecule has 0 spiro atoms. The Bertz CT molecular complexity index is 441. The number of hydrogen-bond donors (Lipinski definition) is 3. The number of phenols is 1. The van der Waals surface area contributed by atoms with Crippen LogP contribution in [-0.2, 0) is 11.3 Å². The van der Waals surface area contributed by atoms with E-state index in [1.165, 1.54) is 0 Å². The zero-order valence-corrected chi connectivity index (χ0v) is 10.3. The van der Waals surface area contributed by atoms with E-state index in [4.69, 9.17) is 4.74 Å². The molecule has 1 aliphatic heterocycles. The van der Waals surface area contributed by atoms with Crippen molar-refractivity contribution in [2.24, 2.45) is 0 Å². The minimum atomic E-state index is -0.889. The lowest BCUT2D eigenvalue weighted by atomic mass is 9.98. The first-order valence-corrected chi connectivity index (χ1v) is 6.04. The molecule has 2 rings (SSSR count). The van der Waals surface area contributed by atoms with E-state index in [1.807, 2.05) is 6.07 Å². The second-order valence-corrected chi connectivity index (χ2v) is 4.46. The second-order valence-electron chi connectivity index (χ2n) is 4.46. The predicted octanol–water partition coefficient (Wildman–Crippen LogP) is 1.65. The van der Waals surface area contributed by atoms with Crippen LogP contribution in [0.2, 0.25) is 0 Å². The average Bonchev–Trinajstić information content (AvgIpc) is 2.74. The van der Waals surface area contributed by atoms with Crippen molar-refractivity contribution in [2.45, 2.75) is 38.3 Å². The van der Waals surface area contributed by atoms with Crippen LogP contribution in [0, 0.1) is 0 Å². The largest absolute Gasteiger partial charge is 0.508 e. The van der Waals surface area contributed by atoms with Gasteiger partial charge in [-0.25, -0.2) is 0 Å². The van der Waals surface area contributed by atoms with Gasteiger partial charge >= 0.3 is 0 Å². The Labute approximate surface area is 106 Å². The Morgan fingerprint density at radius 1 is 1.44 bits per heavy atom. The SMILES string of the molecule is C/C=C/[C@H](O)[C@H](O)C[C@@H]1OCc2c(O)cccc21. The van der Waals surface area contributed by atoms with Crippen molar-refractivity contribution in [2.75, 3.05) is 0 Å². The molecule has 0 aliphatic carbocycles. The van der Waals surface area contributed by atoms with E-state index < -0.39 is 12.2 Å². The quantitative estimate of drug-likeness (QED) is 0.711. The zero-order valence-electron chi connectivity index (χ0n) is 10.3. The average molecular weight is 250 g/mol. The van der Waals surface area contributed by atoms with E-state index in [9.17, 15) is 15.3 Å². The number of hydrogen-bond acceptors (Lipinski definition) is 4. The fraction of sp³-hybridized carbons (Fsp3) is 0.429. The standard InChI is InChI=1S/C14H18O4/c1-2-4-12(16)13(17)7-14-9-5-3-6-11(15)10(9)8-18-14/h2-6,12-17H,7-8H2,1H3/b4-2+/t12-,13+,14-/m0/s1. The van der Waals surface area contributed by atoms with Gasteiger partial charge in [0.1, 0.15) is 5.75 Å². The molecule has 0 aromatic heterocycles. The van der Waals surface area contributed by atoms with Crippen LogP contribution in [0.15, 0.2) is 30.4 Å². The van der Waals surface area contributed by atoms with Crippen LogP contribution in [0.25, 0.3) is 0 Å². The molecule has 0 radical (unpaired) electrons. The van der Waals surface area contributed by atoms with Crippen molar-refractivity contribution in [3.8, 4) is 5.75 Å². The number of allylic oxidation sites excluding steroid dienone is 1. The van der Waals surface area contributed by atoms with Gasteiger partial charge in [0.05, 0.1) is 24.9 Å². The molecule has 0 amide bonds. The van der Waals surface area contributed by atoms with Crippen LogP contribution >= 0.6 is 0 Å². The van der Waals surface area contributed by atoms with Gasteiger partial charge in [-0.1, -0.05) is 24.3 Å². The first kappa shape index (κ1) is 13.1. The van der Waals surface area contributed by atoms with E-state index in [0.717, 1.165) is 11.1 Å². The van der Waals surface area contributed by atoms with Crippen molar-refractivity contribution in [3.05, 3.63) is 41.5 Å². The Balaban J connectivity index is 2.08. The minimum absolute atomic E-state index is 0.221. The van der Waals surface area contributed by atoms with Gasteiger partial charge in [-0.3, -0.25) is 0 Å². The lowest BCUT2D eigenvalue weighted by molar-refractivity contribution is -0.0152. The zero-order chi connectivity index (χ0) is 13.1. The van der Waals surface area contributed by atoms with Gasteiger partial charge in [-0.05, 0) is 18.6 Å². The Kier molecular flexibility index (Phi) is 4.01. The summed E-state index contributed by atoms with van der Waals surface area (Å²) in [5.74, 6) is 0.221. The molecule has 4 heteroatoms. The maximum Gasteiger partial charge on any atom is 0.121 e. The van der Waals surface area contributed by atoms with Crippen molar-refractivity contribution >= 4 is 0 Å². The van der Waals surface area contributed by atoms with E-state index >= 15 is 0 Å². The highest BCUT2D eigenvalue weighted by Gasteiger charge is 2.29. The molecular weight excluding hydrogens is 232 g/mol. The molecule has 1 aromatic rings. The van der Waals surface area contributed by atoms with Crippen LogP contribution in [0.4, 0.5) is 0 Å². The number of benzene rings is 1. The molecule has 1 aliphatic rings.